The van der Waals surface area contributed by atoms with Crippen LogP contribution in [-0.4, -0.2) is 27.7 Å². The summed E-state index contributed by atoms with van der Waals surface area (Å²) in [4.78, 5) is -0.0308. The number of halogens is 4. The Labute approximate surface area is 131 Å². The van der Waals surface area contributed by atoms with Gasteiger partial charge in [0.05, 0.1) is 6.61 Å². The smallest absolute Gasteiger partial charge is 0.768 e. The van der Waals surface area contributed by atoms with Crippen LogP contribution in [0.3, 0.4) is 0 Å². The van der Waals surface area contributed by atoms with Crippen molar-refractivity contribution in [3.8, 4) is 0 Å². The average Bonchev–Trinajstić information content (AvgIpc) is 2.29. The molecule has 0 N–H and O–H groups in total. The first kappa shape index (κ1) is 19.0. The van der Waals surface area contributed by atoms with Gasteiger partial charge in [-0.1, -0.05) is 12.1 Å². The molecule has 1 unspecified atom stereocenters. The normalized spacial score (nSPS) is 13.2. The molecule has 1 rings (SSSR count). The Balaban J connectivity index is 0.00000324. The van der Waals surface area contributed by atoms with Gasteiger partial charge in [0.1, 0.15) is 6.61 Å². The van der Waals surface area contributed by atoms with Crippen LogP contribution < -0.4 is 29.6 Å². The zero-order valence-corrected chi connectivity index (χ0v) is 12.8. The third-order valence-electron chi connectivity index (χ3n) is 1.97. The molecule has 1 aromatic carbocycles. The van der Waals surface area contributed by atoms with Crippen molar-refractivity contribution in [2.45, 2.75) is 23.9 Å². The third kappa shape index (κ3) is 6.33. The summed E-state index contributed by atoms with van der Waals surface area (Å²) in [5.74, 6) is -4.21. The van der Waals surface area contributed by atoms with Crippen molar-refractivity contribution >= 4 is 11.1 Å². The van der Waals surface area contributed by atoms with E-state index in [4.69, 9.17) is 0 Å². The van der Waals surface area contributed by atoms with Gasteiger partial charge < -0.3 is 9.29 Å². The van der Waals surface area contributed by atoms with Crippen LogP contribution in [0.25, 0.3) is 0 Å². The SMILES string of the molecule is O=S([O-])c1cccc(COCC(F)(F)C(F)F)c1.[Na+]. The molecule has 1 aromatic rings. The summed E-state index contributed by atoms with van der Waals surface area (Å²) < 4.78 is 74.2. The molecule has 0 aromatic heterocycles. The van der Waals surface area contributed by atoms with E-state index in [1.54, 1.807) is 0 Å². The Kier molecular flexibility index (Phi) is 8.34. The first-order valence-corrected chi connectivity index (χ1v) is 5.82. The van der Waals surface area contributed by atoms with E-state index in [0.717, 1.165) is 0 Å². The minimum Gasteiger partial charge on any atom is -0.768 e. The van der Waals surface area contributed by atoms with Crippen LogP contribution in [0.4, 0.5) is 17.6 Å². The standard InChI is InChI=1S/C10H10F4O3S.Na/c11-9(12)10(13,14)6-17-5-7-2-1-3-8(4-7)18(15)16;/h1-4,9H,5-6H2,(H,15,16);/q;+1/p-1. The van der Waals surface area contributed by atoms with Gasteiger partial charge in [-0.15, -0.1) is 0 Å². The first-order valence-electron chi connectivity index (χ1n) is 4.75. The Morgan fingerprint density at radius 2 is 2.00 bits per heavy atom. The largest absolute Gasteiger partial charge is 1.00 e. The Bertz CT molecular complexity index is 431. The maximum atomic E-state index is 12.5. The second-order valence-electron chi connectivity index (χ2n) is 3.44. The van der Waals surface area contributed by atoms with Crippen molar-refractivity contribution < 1.29 is 60.6 Å². The van der Waals surface area contributed by atoms with E-state index in [0.29, 0.717) is 5.56 Å². The molecule has 102 valence electrons. The van der Waals surface area contributed by atoms with Crippen molar-refractivity contribution in [2.24, 2.45) is 0 Å². The summed E-state index contributed by atoms with van der Waals surface area (Å²) in [6.45, 7) is -1.79. The van der Waals surface area contributed by atoms with Crippen molar-refractivity contribution in [1.82, 2.24) is 0 Å². The van der Waals surface area contributed by atoms with Crippen LogP contribution in [0.15, 0.2) is 29.2 Å². The van der Waals surface area contributed by atoms with Gasteiger partial charge in [-0.05, 0) is 28.8 Å². The molecule has 0 saturated heterocycles. The molecule has 0 aliphatic heterocycles. The molecule has 0 bridgehead atoms. The van der Waals surface area contributed by atoms with E-state index in [9.17, 15) is 26.3 Å². The number of ether oxygens (including phenoxy) is 1. The summed E-state index contributed by atoms with van der Waals surface area (Å²) in [6.07, 6.45) is -3.79. The monoisotopic (exact) mass is 308 g/mol. The molecular weight excluding hydrogens is 299 g/mol. The molecule has 9 heteroatoms. The molecule has 0 aliphatic carbocycles. The summed E-state index contributed by atoms with van der Waals surface area (Å²) in [5, 5.41) is 0. The van der Waals surface area contributed by atoms with E-state index >= 15 is 0 Å². The molecule has 0 aliphatic rings. The maximum absolute atomic E-state index is 12.5. The number of benzene rings is 1. The van der Waals surface area contributed by atoms with Crippen molar-refractivity contribution in [2.75, 3.05) is 6.61 Å². The van der Waals surface area contributed by atoms with Crippen LogP contribution in [0, 0.1) is 0 Å². The molecule has 0 amide bonds. The molecule has 0 radical (unpaired) electrons. The molecule has 0 spiro atoms. The molecule has 3 nitrogen and oxygen atoms in total. The minimum absolute atomic E-state index is 0. The zero-order chi connectivity index (χ0) is 13.8. The van der Waals surface area contributed by atoms with Gasteiger partial charge in [-0.25, -0.2) is 8.78 Å². The van der Waals surface area contributed by atoms with Crippen molar-refractivity contribution in [3.63, 3.8) is 0 Å². The topological polar surface area (TPSA) is 49.4 Å². The summed E-state index contributed by atoms with van der Waals surface area (Å²) in [7, 11) is 0. The van der Waals surface area contributed by atoms with Gasteiger partial charge in [-0.3, -0.25) is 4.21 Å². The van der Waals surface area contributed by atoms with Crippen LogP contribution in [-0.2, 0) is 22.4 Å². The average molecular weight is 308 g/mol. The summed E-state index contributed by atoms with van der Waals surface area (Å²) in [5.41, 5.74) is 0.307. The van der Waals surface area contributed by atoms with Crippen molar-refractivity contribution in [1.29, 1.82) is 0 Å². The molecule has 1 atom stereocenters. The van der Waals surface area contributed by atoms with Crippen LogP contribution in [0.1, 0.15) is 5.56 Å². The molecule has 0 heterocycles. The third-order valence-corrected chi connectivity index (χ3v) is 2.61. The van der Waals surface area contributed by atoms with E-state index in [1.807, 2.05) is 0 Å². The minimum atomic E-state index is -4.21. The van der Waals surface area contributed by atoms with E-state index in [1.165, 1.54) is 24.3 Å². The van der Waals surface area contributed by atoms with Gasteiger partial charge in [-0.2, -0.15) is 8.78 Å². The summed E-state index contributed by atoms with van der Waals surface area (Å²) >= 11 is -2.44. The number of hydrogen-bond donors (Lipinski definition) is 0. The number of hydrogen-bond acceptors (Lipinski definition) is 3. The van der Waals surface area contributed by atoms with Gasteiger partial charge in [0.2, 0.25) is 0 Å². The molecule has 19 heavy (non-hydrogen) atoms. The first-order chi connectivity index (χ1) is 8.33. The van der Waals surface area contributed by atoms with Gasteiger partial charge in [0.15, 0.2) is 0 Å². The fraction of sp³-hybridized carbons (Fsp3) is 0.400. The Hall–Kier alpha value is 0.01000. The quantitative estimate of drug-likeness (QED) is 0.398. The van der Waals surface area contributed by atoms with Crippen molar-refractivity contribution in [3.05, 3.63) is 29.8 Å². The van der Waals surface area contributed by atoms with E-state index in [2.05, 4.69) is 4.74 Å². The van der Waals surface area contributed by atoms with Gasteiger partial charge >= 0.3 is 41.9 Å². The molecule has 0 saturated carbocycles. The number of alkyl halides is 4. The predicted octanol–water partition coefficient (Wildman–Crippen LogP) is -0.654. The number of rotatable bonds is 6. The van der Waals surface area contributed by atoms with Crippen LogP contribution in [0.2, 0.25) is 0 Å². The Morgan fingerprint density at radius 1 is 1.37 bits per heavy atom. The second-order valence-corrected chi connectivity index (χ2v) is 4.38. The fourth-order valence-corrected chi connectivity index (χ4v) is 1.54. The molecule has 0 fully saturated rings. The van der Waals surface area contributed by atoms with Crippen LogP contribution >= 0.6 is 0 Å². The van der Waals surface area contributed by atoms with E-state index in [-0.39, 0.29) is 41.1 Å². The molecular formula is C10H9F4NaO3S. The Morgan fingerprint density at radius 3 is 2.53 bits per heavy atom. The second kappa shape index (κ2) is 8.33. The fourth-order valence-electron chi connectivity index (χ4n) is 1.11. The predicted molar refractivity (Wildman–Crippen MR) is 54.2 cm³/mol. The summed E-state index contributed by atoms with van der Waals surface area (Å²) in [6, 6.07) is 5.36. The zero-order valence-electron chi connectivity index (χ0n) is 9.95. The van der Waals surface area contributed by atoms with Gasteiger partial charge in [0.25, 0.3) is 0 Å². The van der Waals surface area contributed by atoms with Crippen LogP contribution in [0.5, 0.6) is 0 Å². The maximum Gasteiger partial charge on any atom is 1.00 e. The van der Waals surface area contributed by atoms with E-state index < -0.39 is 30.0 Å². The van der Waals surface area contributed by atoms with Gasteiger partial charge in [0, 0.05) is 4.90 Å².